The summed E-state index contributed by atoms with van der Waals surface area (Å²) in [4.78, 5) is 280. The van der Waals surface area contributed by atoms with E-state index >= 15 is 9.59 Å². The smallest absolute Gasteiger partial charge is 0.329 e. The molecule has 1 aromatic heterocycles. The van der Waals surface area contributed by atoms with E-state index in [-0.39, 0.29) is 48.6 Å². The lowest BCUT2D eigenvalue weighted by atomic mass is 9.96. The van der Waals surface area contributed by atoms with Crippen LogP contribution in [-0.2, 0) is 109 Å². The van der Waals surface area contributed by atoms with Gasteiger partial charge in [0.05, 0.1) is 56.8 Å². The van der Waals surface area contributed by atoms with Crippen LogP contribution in [0.5, 0.6) is 11.5 Å². The van der Waals surface area contributed by atoms with Crippen LogP contribution in [0.1, 0.15) is 152 Å². The molecule has 0 aliphatic carbocycles. The second-order valence-electron chi connectivity index (χ2n) is 30.8. The largest absolute Gasteiger partial charge is 0.481 e. The number of benzene rings is 4. The molecule has 44 nitrogen and oxygen atoms in total. The van der Waals surface area contributed by atoms with Crippen LogP contribution < -0.4 is 90.6 Å². The van der Waals surface area contributed by atoms with Gasteiger partial charge < -0.3 is 126 Å². The summed E-state index contributed by atoms with van der Waals surface area (Å²) in [6.07, 6.45) is -2.50. The number of rotatable bonds is 40. The number of fused-ring (bicyclic) bond motifs is 1. The van der Waals surface area contributed by atoms with Crippen molar-refractivity contribution in [1.82, 2.24) is 79.4 Å². The maximum atomic E-state index is 15.0. The number of para-hydroxylation sites is 3. The number of aromatic nitrogens is 1. The zero-order chi connectivity index (χ0) is 95.8. The number of amides is 14. The minimum Gasteiger partial charge on any atom is -0.481 e. The minimum absolute atomic E-state index is 0.0218. The molecular weight excluding hydrogens is 1730 g/mol. The molecule has 1 fully saturated rings. The Hall–Kier alpha value is -14.2. The summed E-state index contributed by atoms with van der Waals surface area (Å²) in [6, 6.07) is 2.77. The zero-order valence-corrected chi connectivity index (χ0v) is 72.4. The number of anilines is 1. The second kappa shape index (κ2) is 52.8. The summed E-state index contributed by atoms with van der Waals surface area (Å²) in [5.74, 6) is -29.1. The van der Waals surface area contributed by atoms with Crippen LogP contribution in [0.15, 0.2) is 103 Å². The lowest BCUT2D eigenvalue weighted by Crippen LogP contribution is -2.62. The Kier molecular flexibility index (Phi) is 42.5. The number of hydrogen-bond acceptors (Lipinski definition) is 25. The number of aliphatic hydroxyl groups excluding tert-OH is 1. The van der Waals surface area contributed by atoms with Crippen LogP contribution in [0.25, 0.3) is 10.9 Å². The van der Waals surface area contributed by atoms with Gasteiger partial charge in [0.1, 0.15) is 84.1 Å². The number of nitrogens with two attached hydrogens (primary N) is 2. The number of unbranched alkanes of at least 4 members (excludes halogenated alkanes) is 6. The van der Waals surface area contributed by atoms with E-state index in [1.165, 1.54) is 24.3 Å². The number of ether oxygens (including phenoxy) is 2. The summed E-state index contributed by atoms with van der Waals surface area (Å²) in [6.45, 7) is 1.40. The highest BCUT2D eigenvalue weighted by Crippen LogP contribution is 2.31. The molecule has 13 atom stereocenters. The Morgan fingerprint density at radius 3 is 1.76 bits per heavy atom. The zero-order valence-electron chi connectivity index (χ0n) is 71.6. The SMILES string of the molecule is CCCCCCCCCC(=O)N[C@@H](Cc1c[nH]c2ccccc12)C(=O)N[C@@H](CC(N)=O)C(=O)N[C@@H](CC(=O)O)C(=O)NC1C(=O)NCC(=O)N[C@@H](CCCNCc2ccc(Oc3ccccc3)c(Cl)c2)C(=O)NC(CC(=O)O)C(=O)N[C@H](C)C(=O)N[C@@H](CC(=O)O)C(=O)NCC(=O)N[C@H](CO)C(=O)NC([C@H](C)CC(=O)O)C(=O)N[C@@H](CC(=O)c2ccccc2N)C(=O)OC1C. The third-order valence-corrected chi connectivity index (χ3v) is 20.6. The van der Waals surface area contributed by atoms with Gasteiger partial charge in [-0.1, -0.05) is 119 Å². The monoisotopic (exact) mass is 1840 g/mol. The second-order valence-corrected chi connectivity index (χ2v) is 31.2. The quantitative estimate of drug-likeness (QED) is 0.00933. The molecule has 5 aromatic rings. The minimum atomic E-state index is -2.48. The van der Waals surface area contributed by atoms with Gasteiger partial charge in [-0.3, -0.25) is 91.1 Å². The van der Waals surface area contributed by atoms with Crippen molar-refractivity contribution in [2.24, 2.45) is 11.7 Å². The Morgan fingerprint density at radius 2 is 1.13 bits per heavy atom. The number of carboxylic acid groups (broad SMARTS) is 4. The van der Waals surface area contributed by atoms with E-state index in [1.807, 2.05) is 10.6 Å². The van der Waals surface area contributed by atoms with Crippen molar-refractivity contribution < 1.29 is 131 Å². The number of primary amides is 1. The number of esters is 1. The summed E-state index contributed by atoms with van der Waals surface area (Å²) >= 11 is 6.57. The topological polar surface area (TPSA) is 697 Å². The molecule has 1 saturated heterocycles. The van der Waals surface area contributed by atoms with E-state index in [9.17, 15) is 112 Å². The molecule has 2 heterocycles. The summed E-state index contributed by atoms with van der Waals surface area (Å²) in [5.41, 5.74) is 13.1. The first-order chi connectivity index (χ1) is 61.7. The number of nitrogens with one attached hydrogen (secondary N) is 15. The Labute approximate surface area is 749 Å². The maximum absolute atomic E-state index is 15.0. The fourth-order valence-corrected chi connectivity index (χ4v) is 13.7. The molecule has 4 aromatic carbocycles. The number of ketones is 1. The molecule has 0 bridgehead atoms. The first-order valence-corrected chi connectivity index (χ1v) is 42.1. The van der Waals surface area contributed by atoms with Gasteiger partial charge in [-0.15, -0.1) is 0 Å². The number of aliphatic carboxylic acids is 4. The molecule has 704 valence electrons. The number of nitrogen functional groups attached to an aromatic ring is 1. The van der Waals surface area contributed by atoms with Crippen molar-refractivity contribution >= 4 is 147 Å². The van der Waals surface area contributed by atoms with E-state index in [1.54, 1.807) is 79.0 Å². The molecule has 0 spiro atoms. The Balaban J connectivity index is 1.42. The standard InChI is InChI=1S/C85H110ClN17O27/c1-5-6-7-8-9-10-14-27-66(107)95-56(33-48-40-90-54-25-18-16-22-50(48)54)79(122)98-57(35-65(88)106)80(123)100-60(38-72(116)117)81(124)103-74-46(4)129-85(128)61(34-63(105)51-23-15-17-24-53(51)87)101-84(127)73(44(2)31-69(110)111)102-82(125)62(43-104)96-68(109)41-91-76(119)58(36-70(112)113)97-75(118)45(3)93-78(121)59(37-71(114)115)99-77(120)55(94-67(108)42-92-83(74)126)26-19-30-89-39-47-28-29-64(52(86)32-47)130-49-20-12-11-13-21-49/h11-13,15-18,20-25,28-29,32,40,44-46,55-62,73-74,89-90,104H,5-10,14,19,26-27,30-31,33-39,41-43,87H2,1-4H3,(H2,88,106)(H,91,119)(H,92,126)(H,93,121)(H,94,108)(H,95,107)(H,96,109)(H,97,118)(H,98,122)(H,99,120)(H,100,123)(H,101,127)(H,102,125)(H,103,124)(H,110,111)(H,112,113)(H,114,115)(H,116,117)/t44-,45-,46?,55+,56+,57+,58+,59?,60+,61+,62-,73?,74?/m1/s1. The number of H-pyrrole nitrogens is 1. The van der Waals surface area contributed by atoms with Crippen molar-refractivity contribution in [2.45, 2.75) is 216 Å². The fraction of sp³-hybridized carbons (Fsp3) is 0.459. The molecule has 45 heteroatoms. The average molecular weight is 1840 g/mol. The number of aromatic amines is 1. The first kappa shape index (κ1) is 105. The number of cyclic esters (lactones) is 1. The molecule has 0 saturated carbocycles. The molecular formula is C85H110ClN17O27. The van der Waals surface area contributed by atoms with E-state index < -0.39 is 261 Å². The number of aliphatic hydroxyl groups is 1. The van der Waals surface area contributed by atoms with Crippen LogP contribution in [-0.4, -0.2) is 248 Å². The van der Waals surface area contributed by atoms with Crippen LogP contribution in [0, 0.1) is 5.92 Å². The van der Waals surface area contributed by atoms with Gasteiger partial charge in [-0.25, -0.2) is 4.79 Å². The predicted molar refractivity (Wildman–Crippen MR) is 461 cm³/mol. The van der Waals surface area contributed by atoms with Gasteiger partial charge in [-0.2, -0.15) is 0 Å². The average Bonchev–Trinajstić information content (AvgIpc) is 1.56. The van der Waals surface area contributed by atoms with E-state index in [0.29, 0.717) is 46.4 Å². The molecule has 24 N–H and O–H groups in total. The molecule has 130 heavy (non-hydrogen) atoms. The van der Waals surface area contributed by atoms with Crippen molar-refractivity contribution in [3.05, 3.63) is 125 Å². The third-order valence-electron chi connectivity index (χ3n) is 20.3. The van der Waals surface area contributed by atoms with Crippen molar-refractivity contribution in [3.8, 4) is 11.5 Å². The number of carbonyl (C=O) groups excluding carboxylic acids is 16. The van der Waals surface area contributed by atoms with E-state index in [4.69, 9.17) is 32.5 Å². The van der Waals surface area contributed by atoms with Crippen molar-refractivity contribution in [1.29, 1.82) is 0 Å². The number of carboxylic acids is 4. The summed E-state index contributed by atoms with van der Waals surface area (Å²) < 4.78 is 11.6. The van der Waals surface area contributed by atoms with Gasteiger partial charge >= 0.3 is 29.8 Å². The number of carbonyl (C=O) groups is 20. The fourth-order valence-electron chi connectivity index (χ4n) is 13.4. The molecule has 4 unspecified atom stereocenters. The third kappa shape index (κ3) is 35.2. The van der Waals surface area contributed by atoms with Gasteiger partial charge in [0, 0.05) is 54.2 Å². The highest BCUT2D eigenvalue weighted by atomic mass is 35.5. The van der Waals surface area contributed by atoms with Crippen molar-refractivity contribution in [2.75, 3.05) is 32.0 Å². The Bertz CT molecular complexity index is 4900. The highest BCUT2D eigenvalue weighted by molar-refractivity contribution is 6.32. The van der Waals surface area contributed by atoms with Gasteiger partial charge in [0.25, 0.3) is 0 Å². The maximum Gasteiger partial charge on any atom is 0.329 e. The molecule has 0 radical (unpaired) electrons. The first-order valence-electron chi connectivity index (χ1n) is 41.7. The molecule has 14 amide bonds. The molecule has 6 rings (SSSR count). The van der Waals surface area contributed by atoms with Gasteiger partial charge in [-0.05, 0) is 99.2 Å². The summed E-state index contributed by atoms with van der Waals surface area (Å²) in [5, 5.41) is 83.1. The number of halogens is 1. The summed E-state index contributed by atoms with van der Waals surface area (Å²) in [7, 11) is 0. The van der Waals surface area contributed by atoms with Crippen LogP contribution >= 0.6 is 11.6 Å². The van der Waals surface area contributed by atoms with E-state index in [0.717, 1.165) is 52.9 Å². The van der Waals surface area contributed by atoms with E-state index in [2.05, 4.69) is 75.7 Å². The van der Waals surface area contributed by atoms with Crippen LogP contribution in [0.4, 0.5) is 5.69 Å². The molecule has 1 aliphatic heterocycles. The normalized spacial score (nSPS) is 20.0. The Morgan fingerprint density at radius 1 is 0.562 bits per heavy atom. The lowest BCUT2D eigenvalue weighted by Gasteiger charge is -2.30. The van der Waals surface area contributed by atoms with Crippen LogP contribution in [0.3, 0.4) is 0 Å². The van der Waals surface area contributed by atoms with Crippen molar-refractivity contribution in [3.63, 3.8) is 0 Å². The highest BCUT2D eigenvalue weighted by Gasteiger charge is 2.41. The number of Topliss-reactive ketones (excluding diaryl/α,β-unsaturated/α-hetero) is 1. The number of hydrogen-bond donors (Lipinski definition) is 22. The predicted octanol–water partition coefficient (Wildman–Crippen LogP) is -1.35. The molecule has 1 aliphatic rings. The lowest BCUT2D eigenvalue weighted by molar-refractivity contribution is -0.156. The van der Waals surface area contributed by atoms with Gasteiger partial charge in [0.15, 0.2) is 5.78 Å². The van der Waals surface area contributed by atoms with Crippen LogP contribution in [0.2, 0.25) is 5.02 Å². The van der Waals surface area contributed by atoms with Gasteiger partial charge in [0.2, 0.25) is 82.7 Å².